The van der Waals surface area contributed by atoms with Crippen LogP contribution in [0.3, 0.4) is 0 Å². The molecule has 0 bridgehead atoms. The highest BCUT2D eigenvalue weighted by Crippen LogP contribution is 2.29. The van der Waals surface area contributed by atoms with Crippen LogP contribution in [0.15, 0.2) is 22.7 Å². The number of benzene rings is 1. The molecule has 0 aliphatic carbocycles. The van der Waals surface area contributed by atoms with Crippen molar-refractivity contribution >= 4 is 0 Å². The normalized spacial score (nSPS) is 21.5. The van der Waals surface area contributed by atoms with E-state index in [4.69, 9.17) is 14.0 Å². The van der Waals surface area contributed by atoms with Crippen LogP contribution in [0.5, 0.6) is 11.5 Å². The van der Waals surface area contributed by atoms with Crippen molar-refractivity contribution in [1.29, 1.82) is 0 Å². The number of nitrogens with one attached hydrogen (secondary N) is 1. The number of aliphatic hydroxyl groups is 1. The van der Waals surface area contributed by atoms with Crippen molar-refractivity contribution in [2.45, 2.75) is 18.6 Å². The summed E-state index contributed by atoms with van der Waals surface area (Å²) in [6, 6.07) is 5.30. The molecule has 2 aromatic rings. The largest absolute Gasteiger partial charge is 0.497 e. The lowest BCUT2D eigenvalue weighted by molar-refractivity contribution is 0.191. The smallest absolute Gasteiger partial charge is 0.244 e. The molecule has 7 heteroatoms. The monoisotopic (exact) mass is 291 g/mol. The lowest BCUT2D eigenvalue weighted by Gasteiger charge is -2.05. The fraction of sp³-hybridized carbons (Fsp3) is 0.429. The van der Waals surface area contributed by atoms with Gasteiger partial charge in [-0.2, -0.15) is 4.98 Å². The Balaban J connectivity index is 1.89. The lowest BCUT2D eigenvalue weighted by Crippen LogP contribution is -2.15. The van der Waals surface area contributed by atoms with E-state index in [0.29, 0.717) is 36.2 Å². The molecule has 1 aliphatic rings. The van der Waals surface area contributed by atoms with E-state index >= 15 is 0 Å². The summed E-state index contributed by atoms with van der Waals surface area (Å²) in [5, 5.41) is 16.7. The quantitative estimate of drug-likeness (QED) is 0.873. The summed E-state index contributed by atoms with van der Waals surface area (Å²) in [6.07, 6.45) is 0.200. The molecule has 1 aromatic heterocycles. The molecule has 1 aromatic carbocycles. The number of hydrogen-bond acceptors (Lipinski definition) is 7. The van der Waals surface area contributed by atoms with E-state index in [1.54, 1.807) is 20.3 Å². The maximum atomic E-state index is 9.54. The predicted octanol–water partition coefficient (Wildman–Crippen LogP) is 1.15. The van der Waals surface area contributed by atoms with Crippen LogP contribution < -0.4 is 14.8 Å². The highest BCUT2D eigenvalue weighted by atomic mass is 16.5. The maximum absolute atomic E-state index is 9.54. The molecule has 112 valence electrons. The van der Waals surface area contributed by atoms with E-state index in [1.165, 1.54) is 0 Å². The van der Waals surface area contributed by atoms with E-state index in [9.17, 15) is 5.11 Å². The van der Waals surface area contributed by atoms with Crippen LogP contribution in [0.4, 0.5) is 0 Å². The average molecular weight is 291 g/mol. The molecule has 7 nitrogen and oxygen atoms in total. The molecule has 3 rings (SSSR count). The highest BCUT2D eigenvalue weighted by Gasteiger charge is 2.28. The molecule has 0 saturated carbocycles. The number of nitrogens with zero attached hydrogens (tertiary/aromatic N) is 2. The minimum atomic E-state index is -0.373. The first kappa shape index (κ1) is 13.8. The second-order valence-electron chi connectivity index (χ2n) is 4.91. The molecule has 1 fully saturated rings. The van der Waals surface area contributed by atoms with Crippen molar-refractivity contribution in [3.63, 3.8) is 0 Å². The van der Waals surface area contributed by atoms with Crippen LogP contribution >= 0.6 is 0 Å². The van der Waals surface area contributed by atoms with E-state index < -0.39 is 0 Å². The summed E-state index contributed by atoms with van der Waals surface area (Å²) in [5.74, 6) is 2.25. The minimum absolute atomic E-state index is 0.103. The highest BCUT2D eigenvalue weighted by molar-refractivity contribution is 5.60. The zero-order chi connectivity index (χ0) is 14.8. The average Bonchev–Trinajstić information content (AvgIpc) is 3.15. The van der Waals surface area contributed by atoms with Gasteiger partial charge in [-0.25, -0.2) is 0 Å². The zero-order valence-corrected chi connectivity index (χ0v) is 11.9. The molecule has 0 spiro atoms. The second kappa shape index (κ2) is 5.71. The van der Waals surface area contributed by atoms with Gasteiger partial charge < -0.3 is 24.4 Å². The molecule has 21 heavy (non-hydrogen) atoms. The Kier molecular flexibility index (Phi) is 3.76. The Labute approximate surface area is 121 Å². The molecule has 0 unspecified atom stereocenters. The molecule has 1 aliphatic heterocycles. The summed E-state index contributed by atoms with van der Waals surface area (Å²) in [7, 11) is 3.17. The van der Waals surface area contributed by atoms with Gasteiger partial charge in [0, 0.05) is 18.2 Å². The van der Waals surface area contributed by atoms with Gasteiger partial charge in [-0.1, -0.05) is 5.16 Å². The first-order valence-electron chi connectivity index (χ1n) is 6.68. The summed E-state index contributed by atoms with van der Waals surface area (Å²) in [4.78, 5) is 4.39. The third-order valence-corrected chi connectivity index (χ3v) is 3.46. The van der Waals surface area contributed by atoms with Crippen molar-refractivity contribution < 1.29 is 19.1 Å². The van der Waals surface area contributed by atoms with Crippen LogP contribution in [0.25, 0.3) is 11.4 Å². The fourth-order valence-corrected chi connectivity index (χ4v) is 2.34. The van der Waals surface area contributed by atoms with Gasteiger partial charge in [0.15, 0.2) is 0 Å². The molecule has 2 atom stereocenters. The van der Waals surface area contributed by atoms with Crippen LogP contribution in [-0.2, 0) is 0 Å². The summed E-state index contributed by atoms with van der Waals surface area (Å²) < 4.78 is 15.7. The lowest BCUT2D eigenvalue weighted by atomic mass is 10.2. The number of aliphatic hydroxyl groups excluding tert-OH is 1. The van der Waals surface area contributed by atoms with Crippen LogP contribution in [0, 0.1) is 0 Å². The van der Waals surface area contributed by atoms with E-state index in [0.717, 1.165) is 5.56 Å². The van der Waals surface area contributed by atoms with E-state index in [1.807, 2.05) is 12.1 Å². The van der Waals surface area contributed by atoms with Crippen molar-refractivity contribution in [1.82, 2.24) is 15.5 Å². The van der Waals surface area contributed by atoms with Crippen molar-refractivity contribution in [2.24, 2.45) is 0 Å². The van der Waals surface area contributed by atoms with Crippen molar-refractivity contribution in [2.75, 3.05) is 20.8 Å². The number of hydrogen-bond donors (Lipinski definition) is 2. The molecular weight excluding hydrogens is 274 g/mol. The summed E-state index contributed by atoms with van der Waals surface area (Å²) in [5.41, 5.74) is 0.750. The first-order chi connectivity index (χ1) is 10.2. The molecule has 2 N–H and O–H groups in total. The SMILES string of the molecule is COc1cc(OC)cc(-c2noc([C@@H]3C[C@@H](O)CN3)n2)c1. The number of methoxy groups -OCH3 is 2. The predicted molar refractivity (Wildman–Crippen MR) is 74.2 cm³/mol. The van der Waals surface area contributed by atoms with Crippen molar-refractivity contribution in [3.8, 4) is 22.9 Å². The molecular formula is C14H17N3O4. The third kappa shape index (κ3) is 2.84. The number of ether oxygens (including phenoxy) is 2. The molecule has 0 radical (unpaired) electrons. The van der Waals surface area contributed by atoms with Gasteiger partial charge in [-0.3, -0.25) is 0 Å². The van der Waals surface area contributed by atoms with Crippen LogP contribution in [-0.4, -0.2) is 42.1 Å². The van der Waals surface area contributed by atoms with Gasteiger partial charge in [0.25, 0.3) is 0 Å². The Morgan fingerprint density at radius 1 is 1.24 bits per heavy atom. The molecule has 2 heterocycles. The molecule has 0 amide bonds. The van der Waals surface area contributed by atoms with Crippen LogP contribution in [0.2, 0.25) is 0 Å². The first-order valence-corrected chi connectivity index (χ1v) is 6.68. The minimum Gasteiger partial charge on any atom is -0.497 e. The molecule has 1 saturated heterocycles. The number of aromatic nitrogens is 2. The fourth-order valence-electron chi connectivity index (χ4n) is 2.34. The van der Waals surface area contributed by atoms with Crippen molar-refractivity contribution in [3.05, 3.63) is 24.1 Å². The second-order valence-corrected chi connectivity index (χ2v) is 4.91. The summed E-state index contributed by atoms with van der Waals surface area (Å²) in [6.45, 7) is 0.537. The van der Waals surface area contributed by atoms with E-state index in [-0.39, 0.29) is 12.1 Å². The van der Waals surface area contributed by atoms with Crippen LogP contribution in [0.1, 0.15) is 18.4 Å². The van der Waals surface area contributed by atoms with Gasteiger partial charge in [-0.15, -0.1) is 0 Å². The number of β-amino-alcohol motifs (C(OH)–C–C–N with tert-alkyl or cyclic N) is 1. The Bertz CT molecular complexity index is 606. The zero-order valence-electron chi connectivity index (χ0n) is 11.9. The van der Waals surface area contributed by atoms with Gasteiger partial charge in [0.05, 0.1) is 26.4 Å². The Morgan fingerprint density at radius 2 is 1.95 bits per heavy atom. The standard InChI is InChI=1S/C14H17N3O4/c1-19-10-3-8(4-11(6-10)20-2)13-16-14(21-17-13)12-5-9(18)7-15-12/h3-4,6,9,12,15,18H,5,7H2,1-2H3/t9-,12+/m1/s1. The van der Waals surface area contributed by atoms with Gasteiger partial charge in [-0.05, 0) is 18.6 Å². The van der Waals surface area contributed by atoms with Gasteiger partial charge in [0.1, 0.15) is 11.5 Å². The Morgan fingerprint density at radius 3 is 2.52 bits per heavy atom. The number of rotatable bonds is 4. The van der Waals surface area contributed by atoms with Gasteiger partial charge >= 0.3 is 0 Å². The van der Waals surface area contributed by atoms with Gasteiger partial charge in [0.2, 0.25) is 11.7 Å². The maximum Gasteiger partial charge on any atom is 0.244 e. The van der Waals surface area contributed by atoms with E-state index in [2.05, 4.69) is 15.5 Å². The Hall–Kier alpha value is -2.12. The topological polar surface area (TPSA) is 89.6 Å². The summed E-state index contributed by atoms with van der Waals surface area (Å²) >= 11 is 0. The third-order valence-electron chi connectivity index (χ3n) is 3.46.